The summed E-state index contributed by atoms with van der Waals surface area (Å²) < 4.78 is 4.67. The van der Waals surface area contributed by atoms with Crippen molar-refractivity contribution in [3.63, 3.8) is 0 Å². The van der Waals surface area contributed by atoms with Gasteiger partial charge in [-0.25, -0.2) is 19.4 Å². The monoisotopic (exact) mass is 387 g/mol. The molecule has 2 atom stereocenters. The van der Waals surface area contributed by atoms with E-state index < -0.39 is 0 Å². The predicted octanol–water partition coefficient (Wildman–Crippen LogP) is 3.19. The number of nitrogens with one attached hydrogen (secondary N) is 2. The minimum Gasteiger partial charge on any atom is -0.465 e. The largest absolute Gasteiger partial charge is 0.465 e. The lowest BCUT2D eigenvalue weighted by Gasteiger charge is -2.46. The van der Waals surface area contributed by atoms with Gasteiger partial charge in [0.15, 0.2) is 0 Å². The van der Waals surface area contributed by atoms with Gasteiger partial charge in [0.2, 0.25) is 6.08 Å². The standard InChI is InChI=1S/C21H29N3O4/c1-20(2)9-17(10-21(3,12-20)13-22-14-25)24-19(27)23-11-15-5-7-16(8-6-15)18(26)28-4/h5-8,17H,9-13H2,1-4H3,(H2,23,24,27). The van der Waals surface area contributed by atoms with Crippen molar-refractivity contribution in [3.8, 4) is 0 Å². The molecule has 1 aliphatic carbocycles. The van der Waals surface area contributed by atoms with Gasteiger partial charge in [0, 0.05) is 12.6 Å². The van der Waals surface area contributed by atoms with Gasteiger partial charge in [0.05, 0.1) is 19.2 Å². The number of isocyanates is 1. The first-order valence-electron chi connectivity index (χ1n) is 9.42. The number of esters is 1. The molecule has 2 unspecified atom stereocenters. The van der Waals surface area contributed by atoms with Gasteiger partial charge in [-0.05, 0) is 47.8 Å². The van der Waals surface area contributed by atoms with E-state index in [1.54, 1.807) is 30.3 Å². The average molecular weight is 387 g/mol. The van der Waals surface area contributed by atoms with Crippen LogP contribution in [0.5, 0.6) is 0 Å². The van der Waals surface area contributed by atoms with Crippen molar-refractivity contribution in [2.75, 3.05) is 13.7 Å². The molecule has 2 N–H and O–H groups in total. The number of carbonyl (C=O) groups is 2. The molecule has 0 radical (unpaired) electrons. The van der Waals surface area contributed by atoms with E-state index in [-0.39, 0.29) is 28.9 Å². The maximum atomic E-state index is 12.4. The van der Waals surface area contributed by atoms with Crippen LogP contribution in [0.4, 0.5) is 4.79 Å². The fourth-order valence-corrected chi connectivity index (χ4v) is 4.37. The summed E-state index contributed by atoms with van der Waals surface area (Å²) in [7, 11) is 1.34. The van der Waals surface area contributed by atoms with Crippen LogP contribution in [0.15, 0.2) is 29.3 Å². The first-order chi connectivity index (χ1) is 13.2. The Labute approximate surface area is 165 Å². The molecule has 1 aromatic carbocycles. The minimum atomic E-state index is -0.390. The highest BCUT2D eigenvalue weighted by atomic mass is 16.5. The number of benzene rings is 1. The third-order valence-corrected chi connectivity index (χ3v) is 5.13. The number of amides is 2. The van der Waals surface area contributed by atoms with Crippen molar-refractivity contribution >= 4 is 18.1 Å². The van der Waals surface area contributed by atoms with Crippen LogP contribution in [0.1, 0.15) is 56.0 Å². The van der Waals surface area contributed by atoms with Crippen molar-refractivity contribution < 1.29 is 19.1 Å². The maximum Gasteiger partial charge on any atom is 0.337 e. The minimum absolute atomic E-state index is 0.0114. The molecule has 2 amide bonds. The van der Waals surface area contributed by atoms with Crippen LogP contribution in [-0.2, 0) is 16.1 Å². The lowest BCUT2D eigenvalue weighted by Crippen LogP contribution is -2.50. The Morgan fingerprint density at radius 3 is 2.50 bits per heavy atom. The molecule has 0 aliphatic heterocycles. The molecule has 28 heavy (non-hydrogen) atoms. The molecule has 0 aromatic heterocycles. The van der Waals surface area contributed by atoms with E-state index in [9.17, 15) is 14.4 Å². The van der Waals surface area contributed by atoms with Crippen LogP contribution in [0.25, 0.3) is 0 Å². The Balaban J connectivity index is 1.91. The molecule has 0 spiro atoms. The molecular weight excluding hydrogens is 358 g/mol. The fraction of sp³-hybridized carbons (Fsp3) is 0.571. The highest BCUT2D eigenvalue weighted by Gasteiger charge is 2.41. The molecule has 2 rings (SSSR count). The summed E-state index contributed by atoms with van der Waals surface area (Å²) in [6.07, 6.45) is 4.20. The molecule has 0 bridgehead atoms. The zero-order chi connectivity index (χ0) is 20.8. The Morgan fingerprint density at radius 1 is 1.21 bits per heavy atom. The Bertz CT molecular complexity index is 753. The van der Waals surface area contributed by atoms with Gasteiger partial charge in [0.1, 0.15) is 0 Å². The second kappa shape index (κ2) is 9.02. The van der Waals surface area contributed by atoms with E-state index >= 15 is 0 Å². The molecule has 7 heteroatoms. The summed E-state index contributed by atoms with van der Waals surface area (Å²) in [6.45, 7) is 7.22. The number of hydrogen-bond acceptors (Lipinski definition) is 5. The second-order valence-corrected chi connectivity index (χ2v) is 8.68. The normalized spacial score (nSPS) is 23.2. The summed E-state index contributed by atoms with van der Waals surface area (Å²) in [5.74, 6) is -0.390. The zero-order valence-corrected chi connectivity index (χ0v) is 17.0. The lowest BCUT2D eigenvalue weighted by molar-refractivity contribution is 0.0600. The van der Waals surface area contributed by atoms with Gasteiger partial charge in [-0.15, -0.1) is 0 Å². The number of aliphatic imine (C=N–C) groups is 1. The van der Waals surface area contributed by atoms with Gasteiger partial charge in [-0.1, -0.05) is 32.9 Å². The Morgan fingerprint density at radius 2 is 1.89 bits per heavy atom. The molecule has 1 saturated carbocycles. The van der Waals surface area contributed by atoms with Gasteiger partial charge in [0.25, 0.3) is 0 Å². The third-order valence-electron chi connectivity index (χ3n) is 5.13. The highest BCUT2D eigenvalue weighted by Crippen LogP contribution is 2.46. The highest BCUT2D eigenvalue weighted by molar-refractivity contribution is 5.89. The van der Waals surface area contributed by atoms with Crippen molar-refractivity contribution in [1.82, 2.24) is 10.6 Å². The smallest absolute Gasteiger partial charge is 0.337 e. The number of ether oxygens (including phenoxy) is 1. The van der Waals surface area contributed by atoms with E-state index in [4.69, 9.17) is 0 Å². The number of hydrogen-bond donors (Lipinski definition) is 2. The summed E-state index contributed by atoms with van der Waals surface area (Å²) in [5.41, 5.74) is 1.27. The van der Waals surface area contributed by atoms with Gasteiger partial charge in [-0.2, -0.15) is 0 Å². The topological polar surface area (TPSA) is 96.9 Å². The molecule has 1 aliphatic rings. The van der Waals surface area contributed by atoms with Crippen LogP contribution in [0.3, 0.4) is 0 Å². The molecule has 1 aromatic rings. The fourth-order valence-electron chi connectivity index (χ4n) is 4.37. The van der Waals surface area contributed by atoms with Crippen molar-refractivity contribution in [2.45, 2.75) is 52.6 Å². The Hall–Kier alpha value is -2.66. The molecule has 152 valence electrons. The van der Waals surface area contributed by atoms with Crippen molar-refractivity contribution in [1.29, 1.82) is 0 Å². The number of urea groups is 1. The molecular formula is C21H29N3O4. The van der Waals surface area contributed by atoms with Crippen LogP contribution >= 0.6 is 0 Å². The molecule has 1 fully saturated rings. The SMILES string of the molecule is COC(=O)c1ccc(CNC(=O)NC2CC(C)(C)CC(C)(CN=C=O)C2)cc1. The van der Waals surface area contributed by atoms with Crippen molar-refractivity contribution in [3.05, 3.63) is 35.4 Å². The van der Waals surface area contributed by atoms with Crippen LogP contribution in [0, 0.1) is 10.8 Å². The maximum absolute atomic E-state index is 12.4. The van der Waals surface area contributed by atoms with Gasteiger partial charge >= 0.3 is 12.0 Å². The first kappa shape index (κ1) is 21.6. The average Bonchev–Trinajstić information content (AvgIpc) is 2.63. The van der Waals surface area contributed by atoms with Crippen LogP contribution in [0.2, 0.25) is 0 Å². The summed E-state index contributed by atoms with van der Waals surface area (Å²) >= 11 is 0. The number of rotatable bonds is 6. The van der Waals surface area contributed by atoms with E-state index in [0.29, 0.717) is 18.7 Å². The Kier molecular flexibility index (Phi) is 6.97. The molecule has 0 saturated heterocycles. The zero-order valence-electron chi connectivity index (χ0n) is 17.0. The van der Waals surface area contributed by atoms with Crippen molar-refractivity contribution in [2.24, 2.45) is 15.8 Å². The first-order valence-corrected chi connectivity index (χ1v) is 9.42. The summed E-state index contributed by atoms with van der Waals surface area (Å²) in [6, 6.07) is 6.68. The molecule has 7 nitrogen and oxygen atoms in total. The number of nitrogens with zero attached hydrogens (tertiary/aromatic N) is 1. The van der Waals surface area contributed by atoms with E-state index in [0.717, 1.165) is 24.8 Å². The second-order valence-electron chi connectivity index (χ2n) is 8.68. The van der Waals surface area contributed by atoms with E-state index in [1.807, 2.05) is 0 Å². The van der Waals surface area contributed by atoms with E-state index in [2.05, 4.69) is 41.1 Å². The number of carbonyl (C=O) groups excluding carboxylic acids is 3. The van der Waals surface area contributed by atoms with E-state index in [1.165, 1.54) is 7.11 Å². The number of methoxy groups -OCH3 is 1. The van der Waals surface area contributed by atoms with Crippen LogP contribution < -0.4 is 10.6 Å². The summed E-state index contributed by atoms with van der Waals surface area (Å²) in [5, 5.41) is 5.91. The molecule has 0 heterocycles. The predicted molar refractivity (Wildman–Crippen MR) is 106 cm³/mol. The van der Waals surface area contributed by atoms with Gasteiger partial charge in [-0.3, -0.25) is 0 Å². The van der Waals surface area contributed by atoms with Gasteiger partial charge < -0.3 is 15.4 Å². The summed E-state index contributed by atoms with van der Waals surface area (Å²) in [4.78, 5) is 38.1. The lowest BCUT2D eigenvalue weighted by atomic mass is 9.62. The third kappa shape index (κ3) is 6.20. The quantitative estimate of drug-likeness (QED) is 0.445. The van der Waals surface area contributed by atoms with Crippen LogP contribution in [-0.4, -0.2) is 37.8 Å².